The van der Waals surface area contributed by atoms with Crippen LogP contribution in [0.2, 0.25) is 0 Å². The second-order valence-electron chi connectivity index (χ2n) is 4.23. The second kappa shape index (κ2) is 5.15. The molecule has 0 spiro atoms. The van der Waals surface area contributed by atoms with Crippen LogP contribution in [0.15, 0.2) is 16.7 Å². The third-order valence-corrected chi connectivity index (χ3v) is 3.09. The Morgan fingerprint density at radius 1 is 1.25 bits per heavy atom. The van der Waals surface area contributed by atoms with Gasteiger partial charge in [-0.3, -0.25) is 0 Å². The lowest BCUT2D eigenvalue weighted by Gasteiger charge is -2.37. The van der Waals surface area contributed by atoms with E-state index in [-0.39, 0.29) is 4.60 Å². The zero-order valence-corrected chi connectivity index (χ0v) is 11.4. The summed E-state index contributed by atoms with van der Waals surface area (Å²) in [6.07, 6.45) is -9.67. The molecule has 1 rings (SSSR count). The molecular formula is C10H9BrF6N2O. The number of aromatic nitrogens is 1. The van der Waals surface area contributed by atoms with Gasteiger partial charge in [0.2, 0.25) is 6.10 Å². The average Bonchev–Trinajstić information content (AvgIpc) is 2.29. The van der Waals surface area contributed by atoms with E-state index in [1.54, 1.807) is 0 Å². The Morgan fingerprint density at radius 3 is 2.20 bits per heavy atom. The summed E-state index contributed by atoms with van der Waals surface area (Å²) >= 11 is 2.77. The van der Waals surface area contributed by atoms with Gasteiger partial charge in [-0.15, -0.1) is 0 Å². The van der Waals surface area contributed by atoms with Gasteiger partial charge >= 0.3 is 12.1 Å². The summed E-state index contributed by atoms with van der Waals surface area (Å²) in [5.74, 6) is -6.20. The normalized spacial score (nSPS) is 17.7. The van der Waals surface area contributed by atoms with Crippen molar-refractivity contribution in [3.8, 4) is 0 Å². The minimum atomic E-state index is -5.62. The van der Waals surface area contributed by atoms with E-state index in [9.17, 15) is 26.3 Å². The summed E-state index contributed by atoms with van der Waals surface area (Å²) in [5.41, 5.74) is 0.882. The first kappa shape index (κ1) is 17.2. The van der Waals surface area contributed by atoms with Crippen molar-refractivity contribution in [3.63, 3.8) is 0 Å². The number of hydrogen-bond donors (Lipinski definition) is 2. The van der Waals surface area contributed by atoms with Crippen molar-refractivity contribution < 1.29 is 31.4 Å². The zero-order chi connectivity index (χ0) is 15.9. The smallest absolute Gasteiger partial charge is 0.379 e. The number of alkyl halides is 5. The molecule has 20 heavy (non-hydrogen) atoms. The molecule has 0 saturated carbocycles. The van der Waals surface area contributed by atoms with Crippen LogP contribution in [-0.2, 0) is 5.54 Å². The SMILES string of the molecule is CC(N)(c1nc(Br)ccc1F)C(F)(F)C(O)C(F)(F)F. The van der Waals surface area contributed by atoms with Gasteiger partial charge in [0.1, 0.15) is 21.7 Å². The quantitative estimate of drug-likeness (QED) is 0.638. The van der Waals surface area contributed by atoms with E-state index < -0.39 is 35.3 Å². The van der Waals surface area contributed by atoms with E-state index >= 15 is 0 Å². The molecule has 0 aromatic carbocycles. The van der Waals surface area contributed by atoms with Crippen LogP contribution in [0.3, 0.4) is 0 Å². The topological polar surface area (TPSA) is 59.1 Å². The molecule has 0 aliphatic heterocycles. The van der Waals surface area contributed by atoms with Crippen molar-refractivity contribution in [1.82, 2.24) is 4.98 Å². The second-order valence-corrected chi connectivity index (χ2v) is 5.05. The number of aliphatic hydroxyl groups is 1. The Bertz CT molecular complexity index is 505. The fourth-order valence-electron chi connectivity index (χ4n) is 1.43. The number of nitrogens with two attached hydrogens (primary N) is 1. The zero-order valence-electron chi connectivity index (χ0n) is 9.85. The lowest BCUT2D eigenvalue weighted by Crippen LogP contribution is -2.61. The fourth-order valence-corrected chi connectivity index (χ4v) is 1.74. The first-order valence-corrected chi connectivity index (χ1v) is 5.85. The van der Waals surface area contributed by atoms with E-state index in [1.165, 1.54) is 0 Å². The summed E-state index contributed by atoms with van der Waals surface area (Å²) in [6, 6.07) is 1.78. The highest BCUT2D eigenvalue weighted by Crippen LogP contribution is 2.43. The van der Waals surface area contributed by atoms with Crippen LogP contribution in [0, 0.1) is 5.82 Å². The third kappa shape index (κ3) is 2.91. The molecule has 0 amide bonds. The first-order valence-electron chi connectivity index (χ1n) is 5.05. The monoisotopic (exact) mass is 366 g/mol. The summed E-state index contributed by atoms with van der Waals surface area (Å²) in [5, 5.41) is 8.75. The maximum atomic E-state index is 13.8. The third-order valence-electron chi connectivity index (χ3n) is 2.65. The maximum Gasteiger partial charge on any atom is 0.420 e. The van der Waals surface area contributed by atoms with E-state index in [2.05, 4.69) is 20.9 Å². The Balaban J connectivity index is 3.37. The highest BCUT2D eigenvalue weighted by atomic mass is 79.9. The van der Waals surface area contributed by atoms with Crippen LogP contribution in [0.5, 0.6) is 0 Å². The van der Waals surface area contributed by atoms with Crippen molar-refractivity contribution in [1.29, 1.82) is 0 Å². The average molecular weight is 367 g/mol. The minimum Gasteiger partial charge on any atom is -0.379 e. The lowest BCUT2D eigenvalue weighted by molar-refractivity contribution is -0.286. The van der Waals surface area contributed by atoms with Crippen LogP contribution in [0.4, 0.5) is 26.3 Å². The molecule has 2 unspecified atom stereocenters. The van der Waals surface area contributed by atoms with E-state index in [1.807, 2.05) is 0 Å². The molecule has 1 aromatic rings. The Labute approximate surface area is 117 Å². The molecule has 0 bridgehead atoms. The predicted molar refractivity (Wildman–Crippen MR) is 60.4 cm³/mol. The van der Waals surface area contributed by atoms with Crippen LogP contribution in [-0.4, -0.2) is 28.3 Å². The summed E-state index contributed by atoms with van der Waals surface area (Å²) in [6.45, 7) is 0.458. The van der Waals surface area contributed by atoms with Crippen molar-refractivity contribution in [2.24, 2.45) is 5.73 Å². The van der Waals surface area contributed by atoms with Crippen LogP contribution >= 0.6 is 15.9 Å². The molecular weight excluding hydrogens is 358 g/mol. The number of aliphatic hydroxyl groups excluding tert-OH is 1. The standard InChI is InChI=1S/C10H9BrF6N2O/c1-8(18,6-4(12)2-3-5(11)19-6)9(13,14)7(20)10(15,16)17/h2-3,7,20H,18H2,1H3. The summed E-state index contributed by atoms with van der Waals surface area (Å²) in [4.78, 5) is 3.33. The van der Waals surface area contributed by atoms with E-state index in [4.69, 9.17) is 10.8 Å². The van der Waals surface area contributed by atoms with E-state index in [0.29, 0.717) is 13.0 Å². The predicted octanol–water partition coefficient (Wildman–Crippen LogP) is 2.72. The fraction of sp³-hybridized carbons (Fsp3) is 0.500. The molecule has 2 atom stereocenters. The molecule has 3 N–H and O–H groups in total. The first-order chi connectivity index (χ1) is 8.81. The number of pyridine rings is 1. The number of nitrogens with zero attached hydrogens (tertiary/aromatic N) is 1. The van der Waals surface area contributed by atoms with Gasteiger partial charge in [-0.2, -0.15) is 13.2 Å². The van der Waals surface area contributed by atoms with E-state index in [0.717, 1.165) is 6.07 Å². The summed E-state index contributed by atoms with van der Waals surface area (Å²) < 4.78 is 77.7. The Kier molecular flexibility index (Phi) is 4.43. The summed E-state index contributed by atoms with van der Waals surface area (Å²) in [7, 11) is 0. The molecule has 3 nitrogen and oxygen atoms in total. The van der Waals surface area contributed by atoms with Gasteiger partial charge < -0.3 is 10.8 Å². The largest absolute Gasteiger partial charge is 0.420 e. The molecule has 0 fully saturated rings. The Morgan fingerprint density at radius 2 is 1.75 bits per heavy atom. The van der Waals surface area contributed by atoms with Gasteiger partial charge in [0.25, 0.3) is 0 Å². The van der Waals surface area contributed by atoms with Crippen molar-refractivity contribution in [2.45, 2.75) is 30.7 Å². The molecule has 0 saturated heterocycles. The van der Waals surface area contributed by atoms with Gasteiger partial charge in [0.15, 0.2) is 0 Å². The molecule has 114 valence electrons. The van der Waals surface area contributed by atoms with Gasteiger partial charge in [0, 0.05) is 0 Å². The number of rotatable bonds is 3. The van der Waals surface area contributed by atoms with Gasteiger partial charge in [-0.25, -0.2) is 18.2 Å². The highest BCUT2D eigenvalue weighted by molar-refractivity contribution is 9.10. The van der Waals surface area contributed by atoms with Crippen molar-refractivity contribution in [2.75, 3.05) is 0 Å². The highest BCUT2D eigenvalue weighted by Gasteiger charge is 2.64. The van der Waals surface area contributed by atoms with Gasteiger partial charge in [-0.1, -0.05) is 0 Å². The lowest BCUT2D eigenvalue weighted by atomic mass is 9.86. The Hall–Kier alpha value is -0.870. The number of halogens is 7. The maximum absolute atomic E-state index is 13.8. The number of hydrogen-bond acceptors (Lipinski definition) is 3. The van der Waals surface area contributed by atoms with Crippen molar-refractivity contribution in [3.05, 3.63) is 28.2 Å². The van der Waals surface area contributed by atoms with Crippen molar-refractivity contribution >= 4 is 15.9 Å². The van der Waals surface area contributed by atoms with Crippen LogP contribution in [0.1, 0.15) is 12.6 Å². The van der Waals surface area contributed by atoms with Crippen LogP contribution in [0.25, 0.3) is 0 Å². The molecule has 10 heteroatoms. The van der Waals surface area contributed by atoms with Gasteiger partial charge in [0.05, 0.1) is 0 Å². The van der Waals surface area contributed by atoms with Crippen LogP contribution < -0.4 is 5.73 Å². The molecule has 1 heterocycles. The van der Waals surface area contributed by atoms with Gasteiger partial charge in [-0.05, 0) is 35.0 Å². The molecule has 1 aromatic heterocycles. The molecule has 0 aliphatic rings. The molecule has 0 aliphatic carbocycles. The minimum absolute atomic E-state index is 0.0946. The molecule has 0 radical (unpaired) electrons.